The molecule has 0 spiro atoms. The maximum absolute atomic E-state index is 12.0. The second-order valence-electron chi connectivity index (χ2n) is 5.78. The highest BCUT2D eigenvalue weighted by atomic mass is 16.2. The van der Waals surface area contributed by atoms with Crippen LogP contribution in [0, 0.1) is 5.92 Å². The summed E-state index contributed by atoms with van der Waals surface area (Å²) >= 11 is 0. The number of carbonyl (C=O) groups excluding carboxylic acids is 1. The predicted octanol–water partition coefficient (Wildman–Crippen LogP) is 1.16. The lowest BCUT2D eigenvalue weighted by Gasteiger charge is -2.36. The minimum Gasteiger partial charge on any atom is -0.368 e. The van der Waals surface area contributed by atoms with E-state index in [9.17, 15) is 9.59 Å². The van der Waals surface area contributed by atoms with Gasteiger partial charge in [-0.25, -0.2) is 4.79 Å². The van der Waals surface area contributed by atoms with E-state index in [1.54, 1.807) is 0 Å². The molecule has 0 atom stereocenters. The normalized spacial score (nSPS) is 16.0. The summed E-state index contributed by atoms with van der Waals surface area (Å²) in [5.41, 5.74) is 2.53. The zero-order valence-electron chi connectivity index (χ0n) is 12.3. The standard InChI is InChI=1S/C15H20N4O2/c1-10(2)14(20)19-7-5-18(6-8-19)11-3-4-12-13(9-11)17-15(21)16-12/h3-4,9-10H,5-8H2,1-2H3,(H2,16,17,21). The maximum Gasteiger partial charge on any atom is 0.323 e. The Labute approximate surface area is 122 Å². The number of hydrogen-bond donors (Lipinski definition) is 2. The molecule has 1 aromatic carbocycles. The molecule has 2 aromatic rings. The topological polar surface area (TPSA) is 72.2 Å². The molecule has 0 unspecified atom stereocenters. The van der Waals surface area contributed by atoms with Gasteiger partial charge in [-0.2, -0.15) is 0 Å². The first-order valence-corrected chi connectivity index (χ1v) is 7.30. The van der Waals surface area contributed by atoms with Crippen molar-refractivity contribution < 1.29 is 4.79 Å². The van der Waals surface area contributed by atoms with Gasteiger partial charge in [0.15, 0.2) is 0 Å². The fourth-order valence-corrected chi connectivity index (χ4v) is 2.77. The lowest BCUT2D eigenvalue weighted by atomic mass is 10.1. The quantitative estimate of drug-likeness (QED) is 0.871. The van der Waals surface area contributed by atoms with Crippen LogP contribution >= 0.6 is 0 Å². The number of carbonyl (C=O) groups is 1. The van der Waals surface area contributed by atoms with E-state index in [2.05, 4.69) is 14.9 Å². The number of H-pyrrole nitrogens is 2. The second-order valence-corrected chi connectivity index (χ2v) is 5.78. The Morgan fingerprint density at radius 1 is 1.10 bits per heavy atom. The van der Waals surface area contributed by atoms with E-state index in [-0.39, 0.29) is 17.5 Å². The van der Waals surface area contributed by atoms with Gasteiger partial charge in [-0.1, -0.05) is 13.8 Å². The van der Waals surface area contributed by atoms with Crippen LogP contribution < -0.4 is 10.6 Å². The Morgan fingerprint density at radius 2 is 1.76 bits per heavy atom. The van der Waals surface area contributed by atoms with Gasteiger partial charge in [-0.05, 0) is 18.2 Å². The fourth-order valence-electron chi connectivity index (χ4n) is 2.77. The Bertz CT molecular complexity index is 708. The van der Waals surface area contributed by atoms with E-state index in [0.717, 1.165) is 42.9 Å². The molecule has 0 aliphatic carbocycles. The van der Waals surface area contributed by atoms with Gasteiger partial charge < -0.3 is 19.8 Å². The van der Waals surface area contributed by atoms with E-state index in [4.69, 9.17) is 0 Å². The van der Waals surface area contributed by atoms with Crippen LogP contribution in [-0.4, -0.2) is 47.0 Å². The van der Waals surface area contributed by atoms with Gasteiger partial charge in [0.05, 0.1) is 11.0 Å². The van der Waals surface area contributed by atoms with Crippen LogP contribution in [0.5, 0.6) is 0 Å². The number of rotatable bonds is 2. The maximum atomic E-state index is 12.0. The van der Waals surface area contributed by atoms with E-state index < -0.39 is 0 Å². The van der Waals surface area contributed by atoms with Crippen molar-refractivity contribution in [3.05, 3.63) is 28.7 Å². The molecule has 0 radical (unpaired) electrons. The summed E-state index contributed by atoms with van der Waals surface area (Å²) in [5.74, 6) is 0.276. The zero-order valence-corrected chi connectivity index (χ0v) is 12.3. The Kier molecular flexibility index (Phi) is 3.45. The van der Waals surface area contributed by atoms with Gasteiger partial charge in [0.1, 0.15) is 0 Å². The number of amides is 1. The Morgan fingerprint density at radius 3 is 2.43 bits per heavy atom. The third kappa shape index (κ3) is 2.66. The second kappa shape index (κ2) is 5.27. The first-order chi connectivity index (χ1) is 10.0. The summed E-state index contributed by atoms with van der Waals surface area (Å²) in [4.78, 5) is 33.0. The number of benzene rings is 1. The van der Waals surface area contributed by atoms with E-state index >= 15 is 0 Å². The van der Waals surface area contributed by atoms with Gasteiger partial charge in [0.2, 0.25) is 5.91 Å². The number of fused-ring (bicyclic) bond motifs is 1. The molecule has 0 saturated carbocycles. The van der Waals surface area contributed by atoms with Crippen molar-refractivity contribution in [2.75, 3.05) is 31.1 Å². The predicted molar refractivity (Wildman–Crippen MR) is 82.6 cm³/mol. The van der Waals surface area contributed by atoms with Gasteiger partial charge in [-0.15, -0.1) is 0 Å². The molecular weight excluding hydrogens is 268 g/mol. The summed E-state index contributed by atoms with van der Waals surface area (Å²) in [5, 5.41) is 0. The average Bonchev–Trinajstić information content (AvgIpc) is 2.85. The number of nitrogens with one attached hydrogen (secondary N) is 2. The highest BCUT2D eigenvalue weighted by Gasteiger charge is 2.23. The van der Waals surface area contributed by atoms with E-state index in [0.29, 0.717) is 0 Å². The highest BCUT2D eigenvalue weighted by Crippen LogP contribution is 2.20. The molecule has 1 amide bonds. The van der Waals surface area contributed by atoms with Crippen LogP contribution in [0.15, 0.2) is 23.0 Å². The number of anilines is 1. The van der Waals surface area contributed by atoms with Crippen LogP contribution in [0.4, 0.5) is 5.69 Å². The fraction of sp³-hybridized carbons (Fsp3) is 0.467. The van der Waals surface area contributed by atoms with Crippen LogP contribution in [-0.2, 0) is 4.79 Å². The van der Waals surface area contributed by atoms with Gasteiger partial charge in [-0.3, -0.25) is 4.79 Å². The third-order valence-electron chi connectivity index (χ3n) is 3.95. The molecule has 1 aliphatic rings. The summed E-state index contributed by atoms with van der Waals surface area (Å²) in [6, 6.07) is 5.90. The highest BCUT2D eigenvalue weighted by molar-refractivity contribution is 5.80. The molecule has 0 bridgehead atoms. The monoisotopic (exact) mass is 288 g/mol. The molecule has 1 aromatic heterocycles. The third-order valence-corrected chi connectivity index (χ3v) is 3.95. The van der Waals surface area contributed by atoms with Crippen molar-refractivity contribution >= 4 is 22.6 Å². The Balaban J connectivity index is 1.73. The molecule has 21 heavy (non-hydrogen) atoms. The van der Waals surface area contributed by atoms with Crippen molar-refractivity contribution in [1.29, 1.82) is 0 Å². The molecule has 1 aliphatic heterocycles. The van der Waals surface area contributed by atoms with Crippen LogP contribution in [0.2, 0.25) is 0 Å². The minimum absolute atomic E-state index is 0.0535. The van der Waals surface area contributed by atoms with Crippen LogP contribution in [0.25, 0.3) is 11.0 Å². The molecule has 1 saturated heterocycles. The molecular formula is C15H20N4O2. The number of aromatic amines is 2. The van der Waals surface area contributed by atoms with Crippen molar-refractivity contribution in [3.8, 4) is 0 Å². The number of imidazole rings is 1. The summed E-state index contributed by atoms with van der Waals surface area (Å²) in [6.45, 7) is 7.00. The van der Waals surface area contributed by atoms with Gasteiger partial charge in [0, 0.05) is 37.8 Å². The molecule has 2 N–H and O–H groups in total. The molecule has 1 fully saturated rings. The van der Waals surface area contributed by atoms with E-state index in [1.807, 2.05) is 36.9 Å². The largest absolute Gasteiger partial charge is 0.368 e. The summed E-state index contributed by atoms with van der Waals surface area (Å²) in [6.07, 6.45) is 0. The van der Waals surface area contributed by atoms with Crippen molar-refractivity contribution in [2.24, 2.45) is 5.92 Å². The molecule has 6 heteroatoms. The minimum atomic E-state index is -0.186. The first-order valence-electron chi connectivity index (χ1n) is 7.30. The zero-order chi connectivity index (χ0) is 15.0. The van der Waals surface area contributed by atoms with Gasteiger partial charge in [0.25, 0.3) is 0 Å². The number of hydrogen-bond acceptors (Lipinski definition) is 3. The molecule has 3 rings (SSSR count). The van der Waals surface area contributed by atoms with E-state index in [1.165, 1.54) is 0 Å². The van der Waals surface area contributed by atoms with Crippen LogP contribution in [0.3, 0.4) is 0 Å². The molecule has 6 nitrogen and oxygen atoms in total. The summed E-state index contributed by atoms with van der Waals surface area (Å²) < 4.78 is 0. The smallest absolute Gasteiger partial charge is 0.323 e. The van der Waals surface area contributed by atoms with Crippen molar-refractivity contribution in [3.63, 3.8) is 0 Å². The summed E-state index contributed by atoms with van der Waals surface area (Å²) in [7, 11) is 0. The van der Waals surface area contributed by atoms with Crippen LogP contribution in [0.1, 0.15) is 13.8 Å². The molecule has 2 heterocycles. The van der Waals surface area contributed by atoms with Crippen molar-refractivity contribution in [1.82, 2.24) is 14.9 Å². The SMILES string of the molecule is CC(C)C(=O)N1CCN(c2ccc3[nH]c(=O)[nH]c3c2)CC1. The van der Waals surface area contributed by atoms with Crippen molar-refractivity contribution in [2.45, 2.75) is 13.8 Å². The lowest BCUT2D eigenvalue weighted by Crippen LogP contribution is -2.49. The Hall–Kier alpha value is -2.24. The number of nitrogens with zero attached hydrogens (tertiary/aromatic N) is 2. The number of piperazine rings is 1. The van der Waals surface area contributed by atoms with Gasteiger partial charge >= 0.3 is 5.69 Å². The molecule has 112 valence electrons. The average molecular weight is 288 g/mol. The lowest BCUT2D eigenvalue weighted by molar-refractivity contribution is -0.134. The number of aromatic nitrogens is 2. The first kappa shape index (κ1) is 13.7.